The van der Waals surface area contributed by atoms with Gasteiger partial charge in [0.05, 0.1) is 11.0 Å². The Bertz CT molecular complexity index is 861. The van der Waals surface area contributed by atoms with Crippen molar-refractivity contribution in [2.45, 2.75) is 56.2 Å². The van der Waals surface area contributed by atoms with Crippen molar-refractivity contribution in [3.05, 3.63) is 54.6 Å². The normalized spacial score (nSPS) is 21.6. The second kappa shape index (κ2) is 9.71. The Morgan fingerprint density at radius 2 is 1.62 bits per heavy atom. The smallest absolute Gasteiger partial charge is 0.240 e. The number of likely N-dealkylation sites (tertiary alicyclic amines) is 1. The maximum absolute atomic E-state index is 12.6. The molecule has 0 bridgehead atoms. The van der Waals surface area contributed by atoms with Gasteiger partial charge < -0.3 is 9.84 Å². The molecule has 3 atom stereocenters. The average Bonchev–Trinajstić information content (AvgIpc) is 2.71. The highest BCUT2D eigenvalue weighted by Gasteiger charge is 2.27. The third-order valence-electron chi connectivity index (χ3n) is 5.42. The highest BCUT2D eigenvalue weighted by Crippen LogP contribution is 2.23. The van der Waals surface area contributed by atoms with Crippen LogP contribution in [0.25, 0.3) is 0 Å². The Balaban J connectivity index is 1.55. The molecule has 6 nitrogen and oxygen atoms in total. The van der Waals surface area contributed by atoms with Gasteiger partial charge >= 0.3 is 0 Å². The Kier molecular flexibility index (Phi) is 7.29. The van der Waals surface area contributed by atoms with E-state index in [1.54, 1.807) is 12.1 Å². The van der Waals surface area contributed by atoms with E-state index >= 15 is 0 Å². The number of nitrogens with zero attached hydrogens (tertiary/aromatic N) is 1. The summed E-state index contributed by atoms with van der Waals surface area (Å²) in [6.07, 6.45) is 2.67. The standard InChI is InChI=1S/C22H30N2O4S/c1-17-7-6-8-18(2)24(17)16-19(25)15-23-29(26,27)22-13-11-21(12-14-22)28-20-9-4-3-5-10-20/h3-5,9-14,17-19,23,25H,6-8,15-16H2,1-2H3/t17-,18+,19-/m0/s1. The maximum atomic E-state index is 12.6. The molecule has 0 spiro atoms. The lowest BCUT2D eigenvalue weighted by atomic mass is 9.97. The molecule has 1 heterocycles. The average molecular weight is 419 g/mol. The highest BCUT2D eigenvalue weighted by molar-refractivity contribution is 7.89. The monoisotopic (exact) mass is 418 g/mol. The molecule has 29 heavy (non-hydrogen) atoms. The molecule has 2 aromatic carbocycles. The van der Waals surface area contributed by atoms with Gasteiger partial charge in [0.1, 0.15) is 11.5 Å². The Hall–Kier alpha value is -1.93. The van der Waals surface area contributed by atoms with E-state index in [0.29, 0.717) is 30.1 Å². The fraction of sp³-hybridized carbons (Fsp3) is 0.455. The minimum Gasteiger partial charge on any atom is -0.457 e. The summed E-state index contributed by atoms with van der Waals surface area (Å²) in [5.74, 6) is 1.24. The van der Waals surface area contributed by atoms with Crippen LogP contribution < -0.4 is 9.46 Å². The minimum atomic E-state index is -3.70. The van der Waals surface area contributed by atoms with Crippen molar-refractivity contribution < 1.29 is 18.3 Å². The van der Waals surface area contributed by atoms with Gasteiger partial charge in [0.25, 0.3) is 0 Å². The van der Waals surface area contributed by atoms with Crippen LogP contribution in [0.3, 0.4) is 0 Å². The van der Waals surface area contributed by atoms with Crippen molar-refractivity contribution in [1.29, 1.82) is 0 Å². The van der Waals surface area contributed by atoms with Gasteiger partial charge in [-0.25, -0.2) is 13.1 Å². The van der Waals surface area contributed by atoms with Crippen molar-refractivity contribution in [1.82, 2.24) is 9.62 Å². The number of nitrogens with one attached hydrogen (secondary N) is 1. The number of ether oxygens (including phenoxy) is 1. The lowest BCUT2D eigenvalue weighted by molar-refractivity contribution is 0.0438. The Labute approximate surface area is 173 Å². The number of aliphatic hydroxyl groups excluding tert-OH is 1. The molecule has 3 rings (SSSR count). The molecule has 1 aliphatic rings. The van der Waals surface area contributed by atoms with E-state index in [1.165, 1.54) is 18.6 Å². The number of hydrogen-bond donors (Lipinski definition) is 2. The molecule has 0 aliphatic carbocycles. The van der Waals surface area contributed by atoms with Gasteiger partial charge in [-0.05, 0) is 63.1 Å². The number of benzene rings is 2. The number of para-hydroxylation sites is 1. The largest absolute Gasteiger partial charge is 0.457 e. The molecule has 1 fully saturated rings. The number of sulfonamides is 1. The summed E-state index contributed by atoms with van der Waals surface area (Å²) in [4.78, 5) is 2.41. The first-order valence-corrected chi connectivity index (χ1v) is 11.6. The third-order valence-corrected chi connectivity index (χ3v) is 6.86. The Morgan fingerprint density at radius 3 is 2.24 bits per heavy atom. The van der Waals surface area contributed by atoms with E-state index < -0.39 is 16.1 Å². The lowest BCUT2D eigenvalue weighted by Crippen LogP contribution is -2.49. The molecule has 0 amide bonds. The van der Waals surface area contributed by atoms with Crippen molar-refractivity contribution in [3.8, 4) is 11.5 Å². The van der Waals surface area contributed by atoms with Crippen LogP contribution in [0.5, 0.6) is 11.5 Å². The van der Waals surface area contributed by atoms with Crippen LogP contribution in [0.1, 0.15) is 33.1 Å². The van der Waals surface area contributed by atoms with E-state index in [0.717, 1.165) is 12.8 Å². The molecule has 1 aliphatic heterocycles. The van der Waals surface area contributed by atoms with Crippen LogP contribution in [-0.4, -0.2) is 49.7 Å². The van der Waals surface area contributed by atoms with Gasteiger partial charge in [-0.3, -0.25) is 4.90 Å². The number of piperidine rings is 1. The van der Waals surface area contributed by atoms with Gasteiger partial charge in [0.15, 0.2) is 0 Å². The fourth-order valence-corrected chi connectivity index (χ4v) is 4.82. The maximum Gasteiger partial charge on any atom is 0.240 e. The number of aliphatic hydroxyl groups is 1. The minimum absolute atomic E-state index is 0.0134. The fourth-order valence-electron chi connectivity index (χ4n) is 3.74. The van der Waals surface area contributed by atoms with Crippen molar-refractivity contribution in [3.63, 3.8) is 0 Å². The quantitative estimate of drug-likeness (QED) is 0.687. The zero-order chi connectivity index (χ0) is 20.9. The van der Waals surface area contributed by atoms with Gasteiger partial charge in [0.2, 0.25) is 10.0 Å². The molecule has 2 N–H and O–H groups in total. The summed E-state index contributed by atoms with van der Waals surface area (Å²) in [7, 11) is -3.70. The molecule has 0 radical (unpaired) electrons. The molecule has 0 saturated carbocycles. The van der Waals surface area contributed by atoms with Gasteiger partial charge in [-0.15, -0.1) is 0 Å². The first kappa shape index (κ1) is 21.8. The van der Waals surface area contributed by atoms with E-state index in [-0.39, 0.29) is 11.4 Å². The predicted molar refractivity (Wildman–Crippen MR) is 114 cm³/mol. The topological polar surface area (TPSA) is 78.9 Å². The molecule has 7 heteroatoms. The molecular weight excluding hydrogens is 388 g/mol. The second-order valence-corrected chi connectivity index (χ2v) is 9.48. The second-order valence-electron chi connectivity index (χ2n) is 7.72. The van der Waals surface area contributed by atoms with Gasteiger partial charge in [-0.1, -0.05) is 24.6 Å². The van der Waals surface area contributed by atoms with Crippen LogP contribution >= 0.6 is 0 Å². The summed E-state index contributed by atoms with van der Waals surface area (Å²) in [6.45, 7) is 4.77. The van der Waals surface area contributed by atoms with E-state index in [9.17, 15) is 13.5 Å². The molecule has 0 aromatic heterocycles. The molecule has 2 aromatic rings. The summed E-state index contributed by atoms with van der Waals surface area (Å²) >= 11 is 0. The van der Waals surface area contributed by atoms with E-state index in [1.807, 2.05) is 30.3 Å². The number of β-amino-alcohol motifs (C(OH)–C–C–N with tert-alkyl or cyclic N) is 1. The van der Waals surface area contributed by atoms with E-state index in [4.69, 9.17) is 4.74 Å². The highest BCUT2D eigenvalue weighted by atomic mass is 32.2. The molecule has 158 valence electrons. The SMILES string of the molecule is C[C@@H]1CCC[C@H](C)N1C[C@@H](O)CNS(=O)(=O)c1ccc(Oc2ccccc2)cc1. The lowest BCUT2D eigenvalue weighted by Gasteiger charge is -2.40. The Morgan fingerprint density at radius 1 is 1.03 bits per heavy atom. The zero-order valence-corrected chi connectivity index (χ0v) is 17.8. The van der Waals surface area contributed by atoms with Crippen LogP contribution in [-0.2, 0) is 10.0 Å². The zero-order valence-electron chi connectivity index (χ0n) is 17.0. The van der Waals surface area contributed by atoms with Crippen LogP contribution in [0.2, 0.25) is 0 Å². The van der Waals surface area contributed by atoms with Crippen molar-refractivity contribution >= 4 is 10.0 Å². The number of rotatable bonds is 8. The summed E-state index contributed by atoms with van der Waals surface area (Å²) in [5.41, 5.74) is 0. The molecular formula is C22H30N2O4S. The van der Waals surface area contributed by atoms with Crippen LogP contribution in [0, 0.1) is 0 Å². The molecule has 0 unspecified atom stereocenters. The first-order valence-electron chi connectivity index (χ1n) is 10.1. The van der Waals surface area contributed by atoms with Crippen LogP contribution in [0.15, 0.2) is 59.5 Å². The first-order chi connectivity index (χ1) is 13.8. The van der Waals surface area contributed by atoms with E-state index in [2.05, 4.69) is 23.5 Å². The number of hydrogen-bond acceptors (Lipinski definition) is 5. The summed E-state index contributed by atoms with van der Waals surface area (Å²) in [6, 6.07) is 16.4. The third kappa shape index (κ3) is 6.02. The van der Waals surface area contributed by atoms with Crippen molar-refractivity contribution in [2.75, 3.05) is 13.1 Å². The summed E-state index contributed by atoms with van der Waals surface area (Å²) in [5, 5.41) is 10.4. The van der Waals surface area contributed by atoms with Crippen LogP contribution in [0.4, 0.5) is 0 Å². The van der Waals surface area contributed by atoms with Crippen molar-refractivity contribution in [2.24, 2.45) is 0 Å². The van der Waals surface area contributed by atoms with Gasteiger partial charge in [0, 0.05) is 25.2 Å². The van der Waals surface area contributed by atoms with Gasteiger partial charge in [-0.2, -0.15) is 0 Å². The molecule has 1 saturated heterocycles. The summed E-state index contributed by atoms with van der Waals surface area (Å²) < 4.78 is 33.3. The predicted octanol–water partition coefficient (Wildman–Crippen LogP) is 3.38.